The van der Waals surface area contributed by atoms with Crippen LogP contribution < -0.4 is 25.4 Å². The molecule has 0 atom stereocenters. The number of ether oxygens (including phenoxy) is 2. The molecule has 3 amide bonds. The summed E-state index contributed by atoms with van der Waals surface area (Å²) in [6.07, 6.45) is 0. The zero-order valence-corrected chi connectivity index (χ0v) is 15.6. The lowest BCUT2D eigenvalue weighted by molar-refractivity contribution is -0.118. The summed E-state index contributed by atoms with van der Waals surface area (Å²) in [5.41, 5.74) is 3.09. The predicted octanol–water partition coefficient (Wildman–Crippen LogP) is 3.64. The van der Waals surface area contributed by atoms with Gasteiger partial charge in [0.1, 0.15) is 0 Å². The first-order chi connectivity index (χ1) is 12.9. The summed E-state index contributed by atoms with van der Waals surface area (Å²) >= 11 is 0. The quantitative estimate of drug-likeness (QED) is 0.751. The topological polar surface area (TPSA) is 88.7 Å². The van der Waals surface area contributed by atoms with Crippen molar-refractivity contribution >= 4 is 23.3 Å². The Morgan fingerprint density at radius 2 is 1.81 bits per heavy atom. The van der Waals surface area contributed by atoms with Crippen LogP contribution in [0.2, 0.25) is 0 Å². The van der Waals surface area contributed by atoms with Crippen molar-refractivity contribution in [1.82, 2.24) is 5.32 Å². The van der Waals surface area contributed by atoms with Crippen LogP contribution in [0, 0.1) is 12.8 Å². The largest absolute Gasteiger partial charge is 0.454 e. The molecule has 7 nitrogen and oxygen atoms in total. The standard InChI is InChI=1S/C20H23N3O4/c1-12(2)19(24)22-15-6-4-13(3)16(9-15)23-20(25)21-10-14-5-7-17-18(8-14)27-11-26-17/h4-9,12H,10-11H2,1-3H3,(H,22,24)(H2,21,23,25). The third-order valence-corrected chi connectivity index (χ3v) is 4.17. The number of benzene rings is 2. The van der Waals surface area contributed by atoms with Crippen LogP contribution in [0.15, 0.2) is 36.4 Å². The molecule has 2 aromatic carbocycles. The number of carbonyl (C=O) groups excluding carboxylic acids is 2. The maximum Gasteiger partial charge on any atom is 0.319 e. The third kappa shape index (κ3) is 4.69. The average Bonchev–Trinajstić information content (AvgIpc) is 3.10. The number of carbonyl (C=O) groups is 2. The fourth-order valence-corrected chi connectivity index (χ4v) is 2.52. The van der Waals surface area contributed by atoms with E-state index in [1.165, 1.54) is 0 Å². The van der Waals surface area contributed by atoms with E-state index in [0.29, 0.717) is 29.4 Å². The van der Waals surface area contributed by atoms with Crippen molar-refractivity contribution in [3.8, 4) is 11.5 Å². The van der Waals surface area contributed by atoms with E-state index >= 15 is 0 Å². The second kappa shape index (κ2) is 7.99. The van der Waals surface area contributed by atoms with Gasteiger partial charge in [0.25, 0.3) is 0 Å². The first-order valence-corrected chi connectivity index (χ1v) is 8.77. The van der Waals surface area contributed by atoms with Crippen molar-refractivity contribution in [3.63, 3.8) is 0 Å². The molecule has 1 aliphatic heterocycles. The molecule has 0 saturated carbocycles. The van der Waals surface area contributed by atoms with Crippen molar-refractivity contribution in [2.45, 2.75) is 27.3 Å². The van der Waals surface area contributed by atoms with E-state index in [-0.39, 0.29) is 24.6 Å². The number of nitrogens with one attached hydrogen (secondary N) is 3. The molecule has 0 spiro atoms. The normalized spacial score (nSPS) is 12.0. The fourth-order valence-electron chi connectivity index (χ4n) is 2.52. The maximum atomic E-state index is 12.2. The number of fused-ring (bicyclic) bond motifs is 1. The van der Waals surface area contributed by atoms with Crippen LogP contribution in [0.3, 0.4) is 0 Å². The van der Waals surface area contributed by atoms with E-state index < -0.39 is 0 Å². The molecular formula is C20H23N3O4. The third-order valence-electron chi connectivity index (χ3n) is 4.17. The number of anilines is 2. The van der Waals surface area contributed by atoms with Gasteiger partial charge in [-0.05, 0) is 42.3 Å². The van der Waals surface area contributed by atoms with Gasteiger partial charge in [-0.2, -0.15) is 0 Å². The van der Waals surface area contributed by atoms with Gasteiger partial charge in [0.15, 0.2) is 11.5 Å². The van der Waals surface area contributed by atoms with Crippen molar-refractivity contribution in [2.24, 2.45) is 5.92 Å². The van der Waals surface area contributed by atoms with Crippen LogP contribution in [0.1, 0.15) is 25.0 Å². The van der Waals surface area contributed by atoms with E-state index in [2.05, 4.69) is 16.0 Å². The molecule has 0 saturated heterocycles. The number of amides is 3. The minimum Gasteiger partial charge on any atom is -0.454 e. The molecule has 1 heterocycles. The molecule has 0 radical (unpaired) electrons. The summed E-state index contributed by atoms with van der Waals surface area (Å²) in [5, 5.41) is 8.46. The van der Waals surface area contributed by atoms with Crippen LogP contribution in [-0.4, -0.2) is 18.7 Å². The zero-order valence-electron chi connectivity index (χ0n) is 15.6. The summed E-state index contributed by atoms with van der Waals surface area (Å²) in [5.74, 6) is 1.20. The molecule has 142 valence electrons. The first kappa shape index (κ1) is 18.6. The monoisotopic (exact) mass is 369 g/mol. The van der Waals surface area contributed by atoms with Gasteiger partial charge < -0.3 is 25.4 Å². The van der Waals surface area contributed by atoms with Crippen LogP contribution in [0.4, 0.5) is 16.2 Å². The molecule has 2 aromatic rings. The lowest BCUT2D eigenvalue weighted by atomic mass is 10.1. The number of hydrogen-bond acceptors (Lipinski definition) is 4. The highest BCUT2D eigenvalue weighted by Crippen LogP contribution is 2.32. The van der Waals surface area contributed by atoms with E-state index in [1.807, 2.05) is 51.1 Å². The summed E-state index contributed by atoms with van der Waals surface area (Å²) in [6.45, 7) is 6.11. The van der Waals surface area contributed by atoms with Gasteiger partial charge in [-0.1, -0.05) is 26.0 Å². The summed E-state index contributed by atoms with van der Waals surface area (Å²) < 4.78 is 10.6. The van der Waals surface area contributed by atoms with Crippen LogP contribution in [0.25, 0.3) is 0 Å². The molecule has 0 aliphatic carbocycles. The number of rotatable bonds is 5. The van der Waals surface area contributed by atoms with Crippen LogP contribution in [-0.2, 0) is 11.3 Å². The SMILES string of the molecule is Cc1ccc(NC(=O)C(C)C)cc1NC(=O)NCc1ccc2c(c1)OCO2. The Kier molecular flexibility index (Phi) is 5.49. The molecule has 27 heavy (non-hydrogen) atoms. The van der Waals surface area contributed by atoms with Gasteiger partial charge in [0, 0.05) is 23.8 Å². The van der Waals surface area contributed by atoms with Crippen LogP contribution >= 0.6 is 0 Å². The van der Waals surface area contributed by atoms with Gasteiger partial charge in [0.05, 0.1) is 0 Å². The highest BCUT2D eigenvalue weighted by Gasteiger charge is 2.14. The van der Waals surface area contributed by atoms with E-state index in [1.54, 1.807) is 6.07 Å². The molecule has 3 N–H and O–H groups in total. The van der Waals surface area contributed by atoms with E-state index in [0.717, 1.165) is 11.1 Å². The Morgan fingerprint density at radius 1 is 1.04 bits per heavy atom. The smallest absolute Gasteiger partial charge is 0.319 e. The lowest BCUT2D eigenvalue weighted by Crippen LogP contribution is -2.28. The van der Waals surface area contributed by atoms with Crippen molar-refractivity contribution in [3.05, 3.63) is 47.5 Å². The Bertz CT molecular complexity index is 864. The molecule has 0 bridgehead atoms. The molecule has 7 heteroatoms. The van der Waals surface area contributed by atoms with Gasteiger partial charge >= 0.3 is 6.03 Å². The minimum atomic E-state index is -0.330. The Labute approximate surface area is 158 Å². The molecule has 0 fully saturated rings. The molecule has 0 unspecified atom stereocenters. The number of hydrogen-bond donors (Lipinski definition) is 3. The average molecular weight is 369 g/mol. The first-order valence-electron chi connectivity index (χ1n) is 8.77. The van der Waals surface area contributed by atoms with Gasteiger partial charge in [-0.25, -0.2) is 4.79 Å². The molecule has 0 aromatic heterocycles. The van der Waals surface area contributed by atoms with Gasteiger partial charge in [-0.3, -0.25) is 4.79 Å². The maximum absolute atomic E-state index is 12.2. The lowest BCUT2D eigenvalue weighted by Gasteiger charge is -2.13. The second-order valence-electron chi connectivity index (χ2n) is 6.67. The van der Waals surface area contributed by atoms with Crippen molar-refractivity contribution in [1.29, 1.82) is 0 Å². The van der Waals surface area contributed by atoms with Gasteiger partial charge in [0.2, 0.25) is 12.7 Å². The molecule has 3 rings (SSSR count). The summed E-state index contributed by atoms with van der Waals surface area (Å²) in [7, 11) is 0. The molecule has 1 aliphatic rings. The van der Waals surface area contributed by atoms with Gasteiger partial charge in [-0.15, -0.1) is 0 Å². The minimum absolute atomic E-state index is 0.0722. The van der Waals surface area contributed by atoms with Crippen LogP contribution in [0.5, 0.6) is 11.5 Å². The number of aryl methyl sites for hydroxylation is 1. The molecular weight excluding hydrogens is 346 g/mol. The van der Waals surface area contributed by atoms with Crippen molar-refractivity contribution in [2.75, 3.05) is 17.4 Å². The predicted molar refractivity (Wildman–Crippen MR) is 103 cm³/mol. The zero-order chi connectivity index (χ0) is 19.4. The Balaban J connectivity index is 1.59. The van der Waals surface area contributed by atoms with E-state index in [4.69, 9.17) is 9.47 Å². The Hall–Kier alpha value is -3.22. The Morgan fingerprint density at radius 3 is 2.59 bits per heavy atom. The summed E-state index contributed by atoms with van der Waals surface area (Å²) in [6, 6.07) is 10.6. The highest BCUT2D eigenvalue weighted by atomic mass is 16.7. The summed E-state index contributed by atoms with van der Waals surface area (Å²) in [4.78, 5) is 24.1. The van der Waals surface area contributed by atoms with E-state index in [9.17, 15) is 9.59 Å². The number of urea groups is 1. The fraction of sp³-hybridized carbons (Fsp3) is 0.300. The second-order valence-corrected chi connectivity index (χ2v) is 6.67. The van der Waals surface area contributed by atoms with Crippen molar-refractivity contribution < 1.29 is 19.1 Å². The highest BCUT2D eigenvalue weighted by molar-refractivity contribution is 5.94.